The highest BCUT2D eigenvalue weighted by atomic mass is 35.5. The zero-order valence-electron chi connectivity index (χ0n) is 12.8. The van der Waals surface area contributed by atoms with E-state index in [0.29, 0.717) is 11.5 Å². The minimum atomic E-state index is -4.00. The van der Waals surface area contributed by atoms with Crippen molar-refractivity contribution in [2.75, 3.05) is 20.2 Å². The van der Waals surface area contributed by atoms with Gasteiger partial charge in [0.15, 0.2) is 11.5 Å². The van der Waals surface area contributed by atoms with E-state index in [1.54, 1.807) is 18.2 Å². The van der Waals surface area contributed by atoms with Gasteiger partial charge in [-0.25, -0.2) is 12.8 Å². The third-order valence-corrected chi connectivity index (χ3v) is 5.70. The van der Waals surface area contributed by atoms with Gasteiger partial charge in [0, 0.05) is 12.1 Å². The summed E-state index contributed by atoms with van der Waals surface area (Å²) in [4.78, 5) is -0.425. The van der Waals surface area contributed by atoms with Crippen LogP contribution in [0.2, 0.25) is 5.02 Å². The summed E-state index contributed by atoms with van der Waals surface area (Å²) in [5.41, 5.74) is 0. The van der Waals surface area contributed by atoms with Gasteiger partial charge in [-0.1, -0.05) is 23.7 Å². The zero-order valence-corrected chi connectivity index (χ0v) is 14.3. The van der Waals surface area contributed by atoms with Gasteiger partial charge >= 0.3 is 0 Å². The van der Waals surface area contributed by atoms with Gasteiger partial charge in [0.25, 0.3) is 0 Å². The van der Waals surface area contributed by atoms with Crippen LogP contribution in [-0.2, 0) is 10.0 Å². The Morgan fingerprint density at radius 2 is 1.96 bits per heavy atom. The second-order valence-electron chi connectivity index (χ2n) is 5.36. The largest absolute Gasteiger partial charge is 0.486 e. The number of nitrogens with zero attached hydrogens (tertiary/aromatic N) is 1. The summed E-state index contributed by atoms with van der Waals surface area (Å²) in [5, 5.41) is 0.134. The third-order valence-electron chi connectivity index (χ3n) is 3.61. The average molecular weight is 372 g/mol. The van der Waals surface area contributed by atoms with Crippen molar-refractivity contribution in [3.63, 3.8) is 0 Å². The number of likely N-dealkylation sites (N-methyl/N-ethyl adjacent to an activating group) is 1. The molecule has 0 radical (unpaired) electrons. The van der Waals surface area contributed by atoms with Crippen molar-refractivity contribution in [2.45, 2.75) is 11.0 Å². The summed E-state index contributed by atoms with van der Waals surface area (Å²) < 4.78 is 51.3. The summed E-state index contributed by atoms with van der Waals surface area (Å²) in [6.07, 6.45) is -0.491. The van der Waals surface area contributed by atoms with Crippen LogP contribution in [0.15, 0.2) is 47.4 Å². The Labute approximate surface area is 144 Å². The number of rotatable bonds is 4. The molecule has 1 heterocycles. The Kier molecular flexibility index (Phi) is 4.67. The lowest BCUT2D eigenvalue weighted by atomic mass is 10.2. The molecule has 5 nitrogen and oxygen atoms in total. The molecule has 1 aliphatic heterocycles. The summed E-state index contributed by atoms with van der Waals surface area (Å²) in [7, 11) is -2.63. The minimum Gasteiger partial charge on any atom is -0.486 e. The molecule has 1 atom stereocenters. The fourth-order valence-electron chi connectivity index (χ4n) is 2.39. The van der Waals surface area contributed by atoms with E-state index in [1.807, 2.05) is 6.07 Å². The van der Waals surface area contributed by atoms with Crippen molar-refractivity contribution in [1.82, 2.24) is 4.31 Å². The predicted octanol–water partition coefficient (Wildman–Crippen LogP) is 2.94. The topological polar surface area (TPSA) is 55.8 Å². The zero-order chi connectivity index (χ0) is 17.3. The summed E-state index contributed by atoms with van der Waals surface area (Å²) >= 11 is 5.67. The minimum absolute atomic E-state index is 0.0265. The summed E-state index contributed by atoms with van der Waals surface area (Å²) in [6, 6.07) is 10.6. The van der Waals surface area contributed by atoms with Gasteiger partial charge in [-0.2, -0.15) is 4.31 Å². The number of hydrogen-bond donors (Lipinski definition) is 0. The summed E-state index contributed by atoms with van der Waals surface area (Å²) in [5.74, 6) is 0.278. The molecule has 2 aromatic rings. The lowest BCUT2D eigenvalue weighted by Gasteiger charge is -2.29. The van der Waals surface area contributed by atoms with Crippen molar-refractivity contribution in [2.24, 2.45) is 0 Å². The first-order chi connectivity index (χ1) is 11.4. The van der Waals surface area contributed by atoms with E-state index in [1.165, 1.54) is 13.1 Å². The maximum absolute atomic E-state index is 13.9. The van der Waals surface area contributed by atoms with Gasteiger partial charge in [0.2, 0.25) is 10.0 Å². The lowest BCUT2D eigenvalue weighted by molar-refractivity contribution is 0.0798. The molecule has 0 aliphatic carbocycles. The van der Waals surface area contributed by atoms with E-state index in [0.717, 1.165) is 16.4 Å². The predicted molar refractivity (Wildman–Crippen MR) is 87.6 cm³/mol. The molecule has 0 saturated carbocycles. The van der Waals surface area contributed by atoms with Crippen LogP contribution in [0.5, 0.6) is 11.5 Å². The number of halogens is 2. The molecule has 0 amide bonds. The molecule has 0 aromatic heterocycles. The number of hydrogen-bond acceptors (Lipinski definition) is 4. The molecule has 128 valence electrons. The smallest absolute Gasteiger partial charge is 0.245 e. The van der Waals surface area contributed by atoms with Gasteiger partial charge in [-0.15, -0.1) is 0 Å². The highest BCUT2D eigenvalue weighted by Crippen LogP contribution is 2.31. The molecule has 1 aliphatic rings. The Balaban J connectivity index is 1.76. The Bertz CT molecular complexity index is 859. The van der Waals surface area contributed by atoms with E-state index in [-0.39, 0.29) is 18.2 Å². The van der Waals surface area contributed by atoms with Crippen LogP contribution in [0.1, 0.15) is 0 Å². The fourth-order valence-corrected chi connectivity index (χ4v) is 3.79. The van der Waals surface area contributed by atoms with Crippen LogP contribution < -0.4 is 9.47 Å². The number of para-hydroxylation sites is 2. The van der Waals surface area contributed by atoms with E-state index in [4.69, 9.17) is 21.1 Å². The first-order valence-electron chi connectivity index (χ1n) is 7.18. The maximum Gasteiger partial charge on any atom is 0.245 e. The van der Waals surface area contributed by atoms with Crippen LogP contribution >= 0.6 is 11.6 Å². The first-order valence-corrected chi connectivity index (χ1v) is 8.99. The van der Waals surface area contributed by atoms with E-state index < -0.39 is 26.8 Å². The van der Waals surface area contributed by atoms with Crippen LogP contribution in [0.25, 0.3) is 0 Å². The highest BCUT2D eigenvalue weighted by Gasteiger charge is 2.29. The third kappa shape index (κ3) is 3.33. The molecule has 0 fully saturated rings. The molecule has 24 heavy (non-hydrogen) atoms. The van der Waals surface area contributed by atoms with E-state index in [2.05, 4.69) is 0 Å². The number of fused-ring (bicyclic) bond motifs is 1. The van der Waals surface area contributed by atoms with Crippen molar-refractivity contribution in [3.05, 3.63) is 53.3 Å². The molecular weight excluding hydrogens is 357 g/mol. The van der Waals surface area contributed by atoms with Crippen molar-refractivity contribution in [1.29, 1.82) is 0 Å². The van der Waals surface area contributed by atoms with Crippen molar-refractivity contribution < 1.29 is 22.3 Å². The molecule has 0 bridgehead atoms. The first kappa shape index (κ1) is 17.0. The average Bonchev–Trinajstić information content (AvgIpc) is 2.54. The van der Waals surface area contributed by atoms with Crippen molar-refractivity contribution >= 4 is 21.6 Å². The monoisotopic (exact) mass is 371 g/mol. The second kappa shape index (κ2) is 6.58. The van der Waals surface area contributed by atoms with E-state index in [9.17, 15) is 12.8 Å². The number of benzene rings is 2. The molecule has 8 heteroatoms. The molecule has 0 saturated heterocycles. The van der Waals surface area contributed by atoms with Crippen LogP contribution in [0.4, 0.5) is 4.39 Å². The van der Waals surface area contributed by atoms with Gasteiger partial charge in [-0.3, -0.25) is 0 Å². The van der Waals surface area contributed by atoms with Gasteiger partial charge in [0.1, 0.15) is 23.4 Å². The Morgan fingerprint density at radius 3 is 2.67 bits per heavy atom. The Hall–Kier alpha value is -1.83. The van der Waals surface area contributed by atoms with E-state index >= 15 is 0 Å². The molecule has 0 unspecified atom stereocenters. The number of sulfonamides is 1. The van der Waals surface area contributed by atoms with Crippen LogP contribution in [-0.4, -0.2) is 39.0 Å². The fraction of sp³-hybridized carbons (Fsp3) is 0.250. The Morgan fingerprint density at radius 1 is 1.25 bits per heavy atom. The van der Waals surface area contributed by atoms with Gasteiger partial charge < -0.3 is 9.47 Å². The highest BCUT2D eigenvalue weighted by molar-refractivity contribution is 7.89. The van der Waals surface area contributed by atoms with Crippen LogP contribution in [0.3, 0.4) is 0 Å². The summed E-state index contributed by atoms with van der Waals surface area (Å²) in [6.45, 7) is 0.235. The maximum atomic E-state index is 13.9. The number of ether oxygens (including phenoxy) is 2. The SMILES string of the molecule is CN(C[C@H]1COc2ccccc2O1)S(=O)(=O)c1ccc(Cl)cc1F. The molecule has 2 aromatic carbocycles. The van der Waals surface area contributed by atoms with Crippen LogP contribution in [0, 0.1) is 5.82 Å². The van der Waals surface area contributed by atoms with Gasteiger partial charge in [-0.05, 0) is 30.3 Å². The van der Waals surface area contributed by atoms with Crippen molar-refractivity contribution in [3.8, 4) is 11.5 Å². The molecule has 0 spiro atoms. The van der Waals surface area contributed by atoms with Gasteiger partial charge in [0.05, 0.1) is 6.54 Å². The lowest BCUT2D eigenvalue weighted by Crippen LogP contribution is -2.41. The quantitative estimate of drug-likeness (QED) is 0.829. The molecule has 0 N–H and O–H groups in total. The second-order valence-corrected chi connectivity index (χ2v) is 7.81. The molecular formula is C16H15ClFNO4S. The standard InChI is InChI=1S/C16H15ClFNO4S/c1-19(24(20,21)16-7-6-11(17)8-13(16)18)9-12-10-22-14-4-2-3-5-15(14)23-12/h2-8,12H,9-10H2,1H3/t12-/m0/s1. The normalized spacial score (nSPS) is 17.1. The molecule has 3 rings (SSSR count).